The van der Waals surface area contributed by atoms with Crippen LogP contribution in [0, 0.1) is 0 Å². The molecule has 130 valence electrons. The summed E-state index contributed by atoms with van der Waals surface area (Å²) >= 11 is 3.60. The molecule has 0 bridgehead atoms. The van der Waals surface area contributed by atoms with E-state index >= 15 is 0 Å². The Labute approximate surface area is 158 Å². The largest absolute Gasteiger partial charge is 0.507 e. The number of hydrogen-bond acceptors (Lipinski definition) is 3. The maximum atomic E-state index is 12.3. The molecule has 0 aliphatic heterocycles. The Morgan fingerprint density at radius 2 is 1.69 bits per heavy atom. The average Bonchev–Trinajstić information content (AvgIpc) is 2.98. The molecule has 0 radical (unpaired) electrons. The van der Waals surface area contributed by atoms with Crippen LogP contribution in [0.3, 0.4) is 0 Å². The second kappa shape index (κ2) is 6.50. The lowest BCUT2D eigenvalue weighted by Crippen LogP contribution is -2.03. The minimum absolute atomic E-state index is 0.148. The highest BCUT2D eigenvalue weighted by atomic mass is 79.9. The number of carbonyl (C=O) groups is 1. The van der Waals surface area contributed by atoms with Crippen LogP contribution in [-0.2, 0) is 11.3 Å². The first-order valence-electron chi connectivity index (χ1n) is 8.16. The van der Waals surface area contributed by atoms with Gasteiger partial charge in [0.05, 0.1) is 29.1 Å². The molecule has 1 aromatic heterocycles. The van der Waals surface area contributed by atoms with Crippen molar-refractivity contribution in [2.45, 2.75) is 6.54 Å². The van der Waals surface area contributed by atoms with Crippen LogP contribution in [0.2, 0.25) is 0 Å². The molecule has 4 nitrogen and oxygen atoms in total. The predicted octanol–water partition coefficient (Wildman–Crippen LogP) is 5.10. The molecular weight excluding hydrogens is 394 g/mol. The third-order valence-corrected chi connectivity index (χ3v) is 5.36. The lowest BCUT2D eigenvalue weighted by molar-refractivity contribution is 0.0603. The third-order valence-electron chi connectivity index (χ3n) is 4.59. The number of hydrogen-bond donors (Lipinski definition) is 1. The Morgan fingerprint density at radius 3 is 2.42 bits per heavy atom. The van der Waals surface area contributed by atoms with Crippen molar-refractivity contribution in [3.05, 3.63) is 76.3 Å². The zero-order chi connectivity index (χ0) is 18.3. The highest BCUT2D eigenvalue weighted by molar-refractivity contribution is 9.10. The van der Waals surface area contributed by atoms with Crippen molar-refractivity contribution in [3.8, 4) is 5.75 Å². The van der Waals surface area contributed by atoms with Crippen LogP contribution in [0.25, 0.3) is 21.8 Å². The second-order valence-corrected chi connectivity index (χ2v) is 6.89. The summed E-state index contributed by atoms with van der Waals surface area (Å²) in [6.45, 7) is 0.607. The number of phenols is 1. The number of phenolic OH excluding ortho intramolecular Hbond substituents is 1. The summed E-state index contributed by atoms with van der Waals surface area (Å²) in [5, 5.41) is 11.9. The first-order valence-corrected chi connectivity index (χ1v) is 8.95. The highest BCUT2D eigenvalue weighted by Gasteiger charge is 2.20. The van der Waals surface area contributed by atoms with E-state index in [4.69, 9.17) is 4.74 Å². The third kappa shape index (κ3) is 2.56. The molecular formula is C21H16BrNO3. The van der Waals surface area contributed by atoms with Gasteiger partial charge >= 0.3 is 5.97 Å². The number of rotatable bonds is 3. The summed E-state index contributed by atoms with van der Waals surface area (Å²) < 4.78 is 8.06. The summed E-state index contributed by atoms with van der Waals surface area (Å²) in [5.41, 5.74) is 3.30. The summed E-state index contributed by atoms with van der Waals surface area (Å²) in [6, 6.07) is 18.9. The molecule has 0 spiro atoms. The summed E-state index contributed by atoms with van der Waals surface area (Å²) in [6.07, 6.45) is 0. The van der Waals surface area contributed by atoms with E-state index in [1.54, 1.807) is 12.1 Å². The molecule has 0 aliphatic carbocycles. The monoisotopic (exact) mass is 409 g/mol. The fourth-order valence-corrected chi connectivity index (χ4v) is 3.82. The van der Waals surface area contributed by atoms with Crippen molar-refractivity contribution in [3.63, 3.8) is 0 Å². The maximum Gasteiger partial charge on any atom is 0.338 e. The Bertz CT molecular complexity index is 1150. The van der Waals surface area contributed by atoms with Gasteiger partial charge in [-0.1, -0.05) is 46.3 Å². The number of carbonyl (C=O) groups excluding carboxylic acids is 1. The summed E-state index contributed by atoms with van der Waals surface area (Å²) in [4.78, 5) is 12.3. The van der Waals surface area contributed by atoms with E-state index in [-0.39, 0.29) is 5.75 Å². The Balaban J connectivity index is 2.08. The summed E-state index contributed by atoms with van der Waals surface area (Å²) in [7, 11) is 1.36. The molecule has 4 rings (SSSR count). The van der Waals surface area contributed by atoms with Gasteiger partial charge in [-0.05, 0) is 35.9 Å². The van der Waals surface area contributed by atoms with Crippen molar-refractivity contribution in [2.75, 3.05) is 7.11 Å². The van der Waals surface area contributed by atoms with E-state index in [0.717, 1.165) is 21.1 Å². The normalized spacial score (nSPS) is 11.2. The minimum atomic E-state index is -0.418. The van der Waals surface area contributed by atoms with Crippen LogP contribution in [0.1, 0.15) is 15.9 Å². The molecule has 0 fully saturated rings. The standard InChI is InChI=1S/C21H16BrNO3/c1-26-21(25)14-7-4-9-16-19(14)20-17(10-5-11-18(20)24)23(16)12-13-6-2-3-8-15(13)22/h2-11,24H,12H2,1H3. The smallest absolute Gasteiger partial charge is 0.338 e. The van der Waals surface area contributed by atoms with Crippen molar-refractivity contribution >= 4 is 43.7 Å². The number of ether oxygens (including phenoxy) is 1. The van der Waals surface area contributed by atoms with Crippen LogP contribution in [0.5, 0.6) is 5.75 Å². The molecule has 3 aromatic carbocycles. The zero-order valence-electron chi connectivity index (χ0n) is 14.1. The number of aromatic hydroxyl groups is 1. The Hall–Kier alpha value is -2.79. The summed E-state index contributed by atoms with van der Waals surface area (Å²) in [5.74, 6) is -0.270. The van der Waals surface area contributed by atoms with Gasteiger partial charge in [-0.2, -0.15) is 0 Å². The van der Waals surface area contributed by atoms with Crippen molar-refractivity contribution in [1.82, 2.24) is 4.57 Å². The van der Waals surface area contributed by atoms with E-state index in [1.165, 1.54) is 7.11 Å². The van der Waals surface area contributed by atoms with Gasteiger partial charge < -0.3 is 14.4 Å². The fraction of sp³-hybridized carbons (Fsp3) is 0.0952. The first kappa shape index (κ1) is 16.7. The molecule has 26 heavy (non-hydrogen) atoms. The van der Waals surface area contributed by atoms with Crippen LogP contribution in [-0.4, -0.2) is 22.8 Å². The number of halogens is 1. The van der Waals surface area contributed by atoms with Gasteiger partial charge in [0, 0.05) is 16.4 Å². The fourth-order valence-electron chi connectivity index (χ4n) is 3.41. The lowest BCUT2D eigenvalue weighted by atomic mass is 10.1. The van der Waals surface area contributed by atoms with Gasteiger partial charge in [0.15, 0.2) is 0 Å². The van der Waals surface area contributed by atoms with Crippen LogP contribution in [0.15, 0.2) is 65.1 Å². The molecule has 0 aliphatic rings. The van der Waals surface area contributed by atoms with Crippen molar-refractivity contribution in [1.29, 1.82) is 0 Å². The molecule has 4 aromatic rings. The lowest BCUT2D eigenvalue weighted by Gasteiger charge is -2.10. The maximum absolute atomic E-state index is 12.3. The van der Waals surface area contributed by atoms with Crippen molar-refractivity contribution in [2.24, 2.45) is 0 Å². The van der Waals surface area contributed by atoms with Gasteiger partial charge in [0.2, 0.25) is 0 Å². The molecule has 1 N–H and O–H groups in total. The molecule has 0 unspecified atom stereocenters. The number of methoxy groups -OCH3 is 1. The average molecular weight is 410 g/mol. The van der Waals surface area contributed by atoms with Gasteiger partial charge in [-0.15, -0.1) is 0 Å². The predicted molar refractivity (Wildman–Crippen MR) is 106 cm³/mol. The molecule has 0 amide bonds. The van der Waals surface area contributed by atoms with Gasteiger partial charge in [0.1, 0.15) is 5.75 Å². The number of benzene rings is 3. The van der Waals surface area contributed by atoms with Crippen LogP contribution < -0.4 is 0 Å². The Morgan fingerprint density at radius 1 is 1.00 bits per heavy atom. The van der Waals surface area contributed by atoms with E-state index < -0.39 is 5.97 Å². The van der Waals surface area contributed by atoms with Gasteiger partial charge in [-0.25, -0.2) is 4.79 Å². The number of nitrogens with zero attached hydrogens (tertiary/aromatic N) is 1. The first-order chi connectivity index (χ1) is 12.6. The van der Waals surface area contributed by atoms with E-state index in [2.05, 4.69) is 26.6 Å². The molecule has 0 saturated heterocycles. The van der Waals surface area contributed by atoms with Crippen molar-refractivity contribution < 1.29 is 14.6 Å². The minimum Gasteiger partial charge on any atom is -0.507 e. The number of aromatic nitrogens is 1. The van der Waals surface area contributed by atoms with Gasteiger partial charge in [-0.3, -0.25) is 0 Å². The van der Waals surface area contributed by atoms with E-state index in [1.807, 2.05) is 42.5 Å². The number of fused-ring (bicyclic) bond motifs is 3. The van der Waals surface area contributed by atoms with Gasteiger partial charge in [0.25, 0.3) is 0 Å². The topological polar surface area (TPSA) is 51.5 Å². The molecule has 1 heterocycles. The zero-order valence-corrected chi connectivity index (χ0v) is 15.7. The quantitative estimate of drug-likeness (QED) is 0.479. The highest BCUT2D eigenvalue weighted by Crippen LogP contribution is 2.38. The van der Waals surface area contributed by atoms with E-state index in [9.17, 15) is 9.90 Å². The second-order valence-electron chi connectivity index (χ2n) is 6.04. The molecule has 0 saturated carbocycles. The molecule has 0 atom stereocenters. The van der Waals surface area contributed by atoms with Crippen LogP contribution in [0.4, 0.5) is 0 Å². The van der Waals surface area contributed by atoms with E-state index in [0.29, 0.717) is 22.9 Å². The Kier molecular flexibility index (Phi) is 4.17. The number of esters is 1. The SMILES string of the molecule is COC(=O)c1cccc2c1c1c(O)cccc1n2Cc1ccccc1Br. The van der Waals surface area contributed by atoms with Crippen LogP contribution >= 0.6 is 15.9 Å². The molecule has 5 heteroatoms.